The highest BCUT2D eigenvalue weighted by molar-refractivity contribution is 6.11. The summed E-state index contributed by atoms with van der Waals surface area (Å²) < 4.78 is 13.5. The van der Waals surface area contributed by atoms with Gasteiger partial charge in [-0.3, -0.25) is 4.79 Å². The van der Waals surface area contributed by atoms with Crippen LogP contribution in [0.4, 0.5) is 4.39 Å². The fourth-order valence-corrected chi connectivity index (χ4v) is 4.21. The number of rotatable bonds is 9. The summed E-state index contributed by atoms with van der Waals surface area (Å²) in [6.45, 7) is 15.3. The normalized spacial score (nSPS) is 16.3. The van der Waals surface area contributed by atoms with Gasteiger partial charge in [-0.25, -0.2) is 9.38 Å². The van der Waals surface area contributed by atoms with Crippen LogP contribution in [-0.2, 0) is 4.79 Å². The van der Waals surface area contributed by atoms with Crippen LogP contribution >= 0.6 is 0 Å². The van der Waals surface area contributed by atoms with Gasteiger partial charge in [0.1, 0.15) is 17.4 Å². The Balaban J connectivity index is 2.95. The molecule has 0 atom stereocenters. The van der Waals surface area contributed by atoms with Crippen LogP contribution in [0.15, 0.2) is 77.3 Å². The first kappa shape index (κ1) is 27.8. The third kappa shape index (κ3) is 6.56. The zero-order valence-corrected chi connectivity index (χ0v) is 21.8. The molecular formula is C30H38FN3O. The number of halogens is 1. The van der Waals surface area contributed by atoms with Crippen LogP contribution in [0.2, 0.25) is 0 Å². The van der Waals surface area contributed by atoms with Gasteiger partial charge < -0.3 is 10.7 Å². The number of ketones is 1. The standard InChI is InChI=1S/C30H38FN3O/c1-8-14-21(9-2)25-26(30(32)34-28-22(10-3)15-12-13-16-24(28)35)27(19(5)6)33-29(25)23(11-4)18-17-20(7)31/h8-9,11,13-14,16-19,33H,7,10,12,15H2,1-6H3,(H2,32,34)/b14-8?,18-17-,21-9?,23-11+. The van der Waals surface area contributed by atoms with E-state index in [-0.39, 0.29) is 17.5 Å². The monoisotopic (exact) mass is 475 g/mol. The number of nitrogens with one attached hydrogen (secondary N) is 1. The summed E-state index contributed by atoms with van der Waals surface area (Å²) in [5, 5.41) is 0. The SMILES string of the molecule is C=C(F)/C=C\C(=C/C)c1[nH]c(C(C)C)c(C(N)=NC2=C(CC)CCC=CC2=O)c1C(C=CC)=CC. The summed E-state index contributed by atoms with van der Waals surface area (Å²) in [5.74, 6) is -0.267. The molecule has 5 heteroatoms. The van der Waals surface area contributed by atoms with Crippen LogP contribution in [-0.4, -0.2) is 16.6 Å². The van der Waals surface area contributed by atoms with Crippen molar-refractivity contribution in [3.05, 3.63) is 94.8 Å². The average Bonchev–Trinajstić information content (AvgIpc) is 3.13. The lowest BCUT2D eigenvalue weighted by Gasteiger charge is -2.13. The van der Waals surface area contributed by atoms with Crippen molar-refractivity contribution in [2.75, 3.05) is 0 Å². The van der Waals surface area contributed by atoms with Crippen LogP contribution in [0.1, 0.15) is 89.2 Å². The van der Waals surface area contributed by atoms with Crippen LogP contribution in [0, 0.1) is 0 Å². The van der Waals surface area contributed by atoms with E-state index in [0.29, 0.717) is 5.70 Å². The first-order chi connectivity index (χ1) is 16.7. The smallest absolute Gasteiger partial charge is 0.203 e. The number of nitrogens with two attached hydrogens (primary N) is 1. The Hall–Kier alpha value is -3.47. The van der Waals surface area contributed by atoms with Crippen LogP contribution in [0.3, 0.4) is 0 Å². The second kappa shape index (κ2) is 12.8. The van der Waals surface area contributed by atoms with Crippen molar-refractivity contribution in [2.24, 2.45) is 10.7 Å². The molecule has 0 saturated carbocycles. The Bertz CT molecular complexity index is 1180. The van der Waals surface area contributed by atoms with E-state index >= 15 is 0 Å². The van der Waals surface area contributed by atoms with Gasteiger partial charge in [-0.1, -0.05) is 63.8 Å². The quantitative estimate of drug-likeness (QED) is 0.217. The zero-order chi connectivity index (χ0) is 26.1. The number of aliphatic imine (C=N–C) groups is 1. The highest BCUT2D eigenvalue weighted by atomic mass is 19.1. The van der Waals surface area contributed by atoms with E-state index in [2.05, 4.69) is 25.4 Å². The number of amidine groups is 1. The third-order valence-corrected chi connectivity index (χ3v) is 5.96. The van der Waals surface area contributed by atoms with Crippen LogP contribution < -0.4 is 5.73 Å². The molecule has 0 bridgehead atoms. The number of aromatic amines is 1. The number of carbonyl (C=O) groups is 1. The highest BCUT2D eigenvalue weighted by Gasteiger charge is 2.26. The number of H-pyrrole nitrogens is 1. The maximum Gasteiger partial charge on any atom is 0.203 e. The molecule has 35 heavy (non-hydrogen) atoms. The summed E-state index contributed by atoms with van der Waals surface area (Å²) in [5.41, 5.74) is 13.2. The number of nitrogens with zero attached hydrogens (tertiary/aromatic N) is 1. The number of hydrogen-bond acceptors (Lipinski definition) is 2. The lowest BCUT2D eigenvalue weighted by molar-refractivity contribution is -0.111. The minimum absolute atomic E-state index is 0.0949. The van der Waals surface area contributed by atoms with Crippen LogP contribution in [0.5, 0.6) is 0 Å². The predicted molar refractivity (Wildman–Crippen MR) is 148 cm³/mol. The second-order valence-electron chi connectivity index (χ2n) is 8.69. The summed E-state index contributed by atoms with van der Waals surface area (Å²) in [6.07, 6.45) is 16.7. The van der Waals surface area contributed by atoms with E-state index in [4.69, 9.17) is 10.7 Å². The molecule has 186 valence electrons. The second-order valence-corrected chi connectivity index (χ2v) is 8.69. The molecule has 0 unspecified atom stereocenters. The zero-order valence-electron chi connectivity index (χ0n) is 21.8. The maximum absolute atomic E-state index is 13.5. The van der Waals surface area contributed by atoms with E-state index in [0.717, 1.165) is 58.5 Å². The molecule has 0 saturated heterocycles. The van der Waals surface area contributed by atoms with Gasteiger partial charge in [0, 0.05) is 16.8 Å². The third-order valence-electron chi connectivity index (χ3n) is 5.96. The van der Waals surface area contributed by atoms with Gasteiger partial charge >= 0.3 is 0 Å². The van der Waals surface area contributed by atoms with Gasteiger partial charge in [0.25, 0.3) is 0 Å². The van der Waals surface area contributed by atoms with Crippen molar-refractivity contribution in [2.45, 2.75) is 66.7 Å². The molecule has 0 radical (unpaired) electrons. The van der Waals surface area contributed by atoms with E-state index in [1.165, 1.54) is 6.08 Å². The van der Waals surface area contributed by atoms with Crippen molar-refractivity contribution in [3.8, 4) is 0 Å². The molecule has 0 aromatic carbocycles. The molecule has 1 aromatic rings. The molecule has 1 aliphatic rings. The summed E-state index contributed by atoms with van der Waals surface area (Å²) in [4.78, 5) is 21.1. The van der Waals surface area contributed by atoms with Gasteiger partial charge in [0.05, 0.1) is 5.69 Å². The maximum atomic E-state index is 13.5. The van der Waals surface area contributed by atoms with Gasteiger partial charge in [-0.05, 0) is 74.8 Å². The number of allylic oxidation sites excluding steroid dienone is 12. The Morgan fingerprint density at radius 3 is 2.40 bits per heavy atom. The molecule has 1 aliphatic carbocycles. The van der Waals surface area contributed by atoms with Gasteiger partial charge in [0.2, 0.25) is 5.78 Å². The van der Waals surface area contributed by atoms with E-state index in [1.54, 1.807) is 12.2 Å². The van der Waals surface area contributed by atoms with E-state index < -0.39 is 5.83 Å². The predicted octanol–water partition coefficient (Wildman–Crippen LogP) is 7.85. The van der Waals surface area contributed by atoms with Crippen molar-refractivity contribution in [1.82, 2.24) is 4.98 Å². The van der Waals surface area contributed by atoms with Gasteiger partial charge in [0.15, 0.2) is 0 Å². The molecular weight excluding hydrogens is 437 g/mol. The Morgan fingerprint density at radius 1 is 1.17 bits per heavy atom. The largest absolute Gasteiger partial charge is 0.383 e. The average molecular weight is 476 g/mol. The summed E-state index contributed by atoms with van der Waals surface area (Å²) in [6, 6.07) is 0. The lowest BCUT2D eigenvalue weighted by Crippen LogP contribution is -2.19. The molecule has 0 fully saturated rings. The van der Waals surface area contributed by atoms with Crippen molar-refractivity contribution in [1.29, 1.82) is 0 Å². The number of carbonyl (C=O) groups excluding carboxylic acids is 1. The van der Waals surface area contributed by atoms with Crippen molar-refractivity contribution in [3.63, 3.8) is 0 Å². The molecule has 0 amide bonds. The molecule has 1 heterocycles. The van der Waals surface area contributed by atoms with Crippen LogP contribution in [0.25, 0.3) is 11.1 Å². The van der Waals surface area contributed by atoms with Crippen molar-refractivity contribution < 1.29 is 9.18 Å². The first-order valence-corrected chi connectivity index (χ1v) is 12.2. The van der Waals surface area contributed by atoms with Crippen molar-refractivity contribution >= 4 is 22.8 Å². The van der Waals surface area contributed by atoms with E-state index in [1.807, 2.05) is 58.1 Å². The molecule has 3 N–H and O–H groups in total. The fourth-order valence-electron chi connectivity index (χ4n) is 4.21. The van der Waals surface area contributed by atoms with Gasteiger partial charge in [-0.2, -0.15) is 0 Å². The molecule has 0 spiro atoms. The molecule has 2 rings (SSSR count). The van der Waals surface area contributed by atoms with Gasteiger partial charge in [-0.15, -0.1) is 0 Å². The molecule has 1 aromatic heterocycles. The Kier molecular flexibility index (Phi) is 10.2. The number of hydrogen-bond donors (Lipinski definition) is 2. The topological polar surface area (TPSA) is 71.2 Å². The fraction of sp³-hybridized carbons (Fsp3) is 0.333. The lowest BCUT2D eigenvalue weighted by atomic mass is 9.93. The first-order valence-electron chi connectivity index (χ1n) is 12.2. The summed E-state index contributed by atoms with van der Waals surface area (Å²) >= 11 is 0. The highest BCUT2D eigenvalue weighted by Crippen LogP contribution is 2.36. The minimum Gasteiger partial charge on any atom is -0.383 e. The Morgan fingerprint density at radius 2 is 1.86 bits per heavy atom. The Labute approximate surface area is 209 Å². The molecule has 0 aliphatic heterocycles. The van der Waals surface area contributed by atoms with E-state index in [9.17, 15) is 9.18 Å². The molecule has 4 nitrogen and oxygen atoms in total. The number of aromatic nitrogens is 1. The summed E-state index contributed by atoms with van der Waals surface area (Å²) in [7, 11) is 0. The minimum atomic E-state index is -0.526.